The number of Topliss-reactive ketones (excluding diaryl/α,β-unsaturated/α-hetero) is 1. The van der Waals surface area contributed by atoms with Gasteiger partial charge in [-0.05, 0) is 43.0 Å². The highest BCUT2D eigenvalue weighted by Crippen LogP contribution is 2.33. The fourth-order valence-corrected chi connectivity index (χ4v) is 1.79. The summed E-state index contributed by atoms with van der Waals surface area (Å²) in [4.78, 5) is 11.8. The molecule has 0 amide bonds. The number of carbonyl (C=O) groups is 1. The Morgan fingerprint density at radius 1 is 1.47 bits per heavy atom. The van der Waals surface area contributed by atoms with Gasteiger partial charge in [-0.15, -0.1) is 0 Å². The first-order valence-corrected chi connectivity index (χ1v) is 5.47. The Labute approximate surface area is 90.3 Å². The number of hydrogen-bond acceptors (Lipinski definition) is 2. The van der Waals surface area contributed by atoms with Crippen LogP contribution in [0.5, 0.6) is 5.75 Å². The first-order chi connectivity index (χ1) is 7.26. The Hall–Kier alpha value is -1.31. The number of hydrogen-bond donors (Lipinski definition) is 0. The molecule has 1 fully saturated rings. The summed E-state index contributed by atoms with van der Waals surface area (Å²) in [5.74, 6) is 1.47. The highest BCUT2D eigenvalue weighted by atomic mass is 16.5. The topological polar surface area (TPSA) is 26.3 Å². The Morgan fingerprint density at radius 3 is 2.73 bits per heavy atom. The molecule has 1 aromatic rings. The Bertz CT molecular complexity index is 378. The molecule has 0 saturated heterocycles. The summed E-state index contributed by atoms with van der Waals surface area (Å²) in [6.45, 7) is 2.07. The van der Waals surface area contributed by atoms with E-state index in [1.807, 2.05) is 18.2 Å². The summed E-state index contributed by atoms with van der Waals surface area (Å²) < 4.78 is 5.24. The summed E-state index contributed by atoms with van der Waals surface area (Å²) >= 11 is 0. The average Bonchev–Trinajstić information content (AvgIpc) is 3.11. The fraction of sp³-hybridized carbons (Fsp3) is 0.462. The highest BCUT2D eigenvalue weighted by Gasteiger charge is 2.30. The lowest BCUT2D eigenvalue weighted by atomic mass is 10.0. The number of aryl methyl sites for hydroxylation is 1. The van der Waals surface area contributed by atoms with Crippen molar-refractivity contribution in [3.63, 3.8) is 0 Å². The molecule has 0 atom stereocenters. The van der Waals surface area contributed by atoms with E-state index in [0.29, 0.717) is 11.7 Å². The molecular weight excluding hydrogens is 188 g/mol. The SMILES string of the molecule is CCc1cc(C(=O)C2CC2)ccc1OC. The minimum Gasteiger partial charge on any atom is -0.496 e. The predicted molar refractivity (Wildman–Crippen MR) is 59.4 cm³/mol. The minimum absolute atomic E-state index is 0.295. The van der Waals surface area contributed by atoms with Crippen molar-refractivity contribution in [2.75, 3.05) is 7.11 Å². The van der Waals surface area contributed by atoms with Gasteiger partial charge in [0, 0.05) is 11.5 Å². The molecule has 0 heterocycles. The van der Waals surface area contributed by atoms with Crippen LogP contribution < -0.4 is 4.74 Å². The number of ketones is 1. The molecule has 1 aliphatic rings. The van der Waals surface area contributed by atoms with Crippen molar-refractivity contribution in [2.45, 2.75) is 26.2 Å². The van der Waals surface area contributed by atoms with E-state index in [-0.39, 0.29) is 0 Å². The second-order valence-electron chi connectivity index (χ2n) is 4.02. The number of methoxy groups -OCH3 is 1. The number of ether oxygens (including phenoxy) is 1. The van der Waals surface area contributed by atoms with Crippen molar-refractivity contribution in [1.29, 1.82) is 0 Å². The first-order valence-electron chi connectivity index (χ1n) is 5.47. The van der Waals surface area contributed by atoms with Gasteiger partial charge in [0.2, 0.25) is 0 Å². The van der Waals surface area contributed by atoms with Crippen molar-refractivity contribution < 1.29 is 9.53 Å². The van der Waals surface area contributed by atoms with Crippen molar-refractivity contribution in [3.05, 3.63) is 29.3 Å². The second-order valence-corrected chi connectivity index (χ2v) is 4.02. The maximum absolute atomic E-state index is 11.8. The van der Waals surface area contributed by atoms with Gasteiger partial charge < -0.3 is 4.74 Å². The molecule has 0 aliphatic heterocycles. The largest absolute Gasteiger partial charge is 0.496 e. The van der Waals surface area contributed by atoms with E-state index < -0.39 is 0 Å². The van der Waals surface area contributed by atoms with Gasteiger partial charge in [0.25, 0.3) is 0 Å². The zero-order valence-corrected chi connectivity index (χ0v) is 9.25. The number of benzene rings is 1. The summed E-state index contributed by atoms with van der Waals surface area (Å²) in [5.41, 5.74) is 1.96. The quantitative estimate of drug-likeness (QED) is 0.705. The number of rotatable bonds is 4. The molecule has 1 aromatic carbocycles. The molecule has 15 heavy (non-hydrogen) atoms. The van der Waals surface area contributed by atoms with Crippen LogP contribution in [0.2, 0.25) is 0 Å². The number of carbonyl (C=O) groups excluding carboxylic acids is 1. The van der Waals surface area contributed by atoms with Crippen LogP contribution in [0, 0.1) is 5.92 Å². The van der Waals surface area contributed by atoms with Gasteiger partial charge in [0.05, 0.1) is 7.11 Å². The van der Waals surface area contributed by atoms with Crippen LogP contribution >= 0.6 is 0 Å². The average molecular weight is 204 g/mol. The van der Waals surface area contributed by atoms with Crippen LogP contribution in [-0.4, -0.2) is 12.9 Å². The maximum atomic E-state index is 11.8. The third-order valence-corrected chi connectivity index (χ3v) is 2.89. The molecule has 0 radical (unpaired) electrons. The summed E-state index contributed by atoms with van der Waals surface area (Å²) in [7, 11) is 1.66. The van der Waals surface area contributed by atoms with Gasteiger partial charge >= 0.3 is 0 Å². The molecule has 0 bridgehead atoms. The van der Waals surface area contributed by atoms with Gasteiger partial charge in [-0.25, -0.2) is 0 Å². The minimum atomic E-state index is 0.295. The van der Waals surface area contributed by atoms with Crippen molar-refractivity contribution in [2.24, 2.45) is 5.92 Å². The van der Waals surface area contributed by atoms with Gasteiger partial charge in [-0.1, -0.05) is 6.92 Å². The van der Waals surface area contributed by atoms with Crippen molar-refractivity contribution >= 4 is 5.78 Å². The molecule has 1 saturated carbocycles. The van der Waals surface area contributed by atoms with E-state index >= 15 is 0 Å². The van der Waals surface area contributed by atoms with Crippen molar-refractivity contribution in [1.82, 2.24) is 0 Å². The fourth-order valence-electron chi connectivity index (χ4n) is 1.79. The van der Waals surface area contributed by atoms with E-state index in [0.717, 1.165) is 36.1 Å². The molecular formula is C13H16O2. The normalized spacial score (nSPS) is 15.1. The zero-order chi connectivity index (χ0) is 10.8. The summed E-state index contributed by atoms with van der Waals surface area (Å²) in [6.07, 6.45) is 3.02. The maximum Gasteiger partial charge on any atom is 0.165 e. The smallest absolute Gasteiger partial charge is 0.165 e. The van der Waals surface area contributed by atoms with Crippen LogP contribution in [0.15, 0.2) is 18.2 Å². The second kappa shape index (κ2) is 4.05. The molecule has 2 nitrogen and oxygen atoms in total. The van der Waals surface area contributed by atoms with Crippen LogP contribution in [0.4, 0.5) is 0 Å². The monoisotopic (exact) mass is 204 g/mol. The summed E-state index contributed by atoms with van der Waals surface area (Å²) in [6, 6.07) is 5.74. The van der Waals surface area contributed by atoms with E-state index in [1.165, 1.54) is 0 Å². The van der Waals surface area contributed by atoms with Crippen LogP contribution in [-0.2, 0) is 6.42 Å². The zero-order valence-electron chi connectivity index (χ0n) is 9.25. The molecule has 0 spiro atoms. The summed E-state index contributed by atoms with van der Waals surface area (Å²) in [5, 5.41) is 0. The third kappa shape index (κ3) is 2.04. The Balaban J connectivity index is 2.29. The molecule has 0 unspecified atom stereocenters. The van der Waals surface area contributed by atoms with Crippen LogP contribution in [0.1, 0.15) is 35.7 Å². The highest BCUT2D eigenvalue weighted by molar-refractivity contribution is 5.99. The lowest BCUT2D eigenvalue weighted by molar-refractivity contribution is 0.0967. The lowest BCUT2D eigenvalue weighted by Crippen LogP contribution is -2.02. The van der Waals surface area contributed by atoms with Gasteiger partial charge in [-0.3, -0.25) is 4.79 Å². The van der Waals surface area contributed by atoms with E-state index in [9.17, 15) is 4.79 Å². The van der Waals surface area contributed by atoms with Crippen LogP contribution in [0.3, 0.4) is 0 Å². The van der Waals surface area contributed by atoms with Crippen LogP contribution in [0.25, 0.3) is 0 Å². The van der Waals surface area contributed by atoms with E-state index in [4.69, 9.17) is 4.74 Å². The molecule has 2 rings (SSSR count). The third-order valence-electron chi connectivity index (χ3n) is 2.89. The molecule has 0 N–H and O–H groups in total. The molecule has 2 heteroatoms. The predicted octanol–water partition coefficient (Wildman–Crippen LogP) is 2.85. The lowest BCUT2D eigenvalue weighted by Gasteiger charge is -2.08. The molecule has 1 aliphatic carbocycles. The van der Waals surface area contributed by atoms with Gasteiger partial charge in [0.1, 0.15) is 5.75 Å². The Kier molecular flexibility index (Phi) is 2.76. The molecule has 80 valence electrons. The van der Waals surface area contributed by atoms with Crippen molar-refractivity contribution in [3.8, 4) is 5.75 Å². The molecule has 0 aromatic heterocycles. The Morgan fingerprint density at radius 2 is 2.20 bits per heavy atom. The standard InChI is InChI=1S/C13H16O2/c1-3-9-8-11(6-7-12(9)15-2)13(14)10-4-5-10/h6-8,10H,3-5H2,1-2H3. The first kappa shape index (κ1) is 10.2. The van der Waals surface area contributed by atoms with E-state index in [1.54, 1.807) is 7.11 Å². The van der Waals surface area contributed by atoms with E-state index in [2.05, 4.69) is 6.92 Å². The van der Waals surface area contributed by atoms with Gasteiger partial charge in [-0.2, -0.15) is 0 Å². The van der Waals surface area contributed by atoms with Gasteiger partial charge in [0.15, 0.2) is 5.78 Å².